The summed E-state index contributed by atoms with van der Waals surface area (Å²) in [6, 6.07) is 0. The van der Waals surface area contributed by atoms with Gasteiger partial charge in [0.15, 0.2) is 0 Å². The number of carboxylic acids is 1. The maximum atomic E-state index is 10.5. The lowest BCUT2D eigenvalue weighted by Crippen LogP contribution is -2.31. The highest BCUT2D eigenvalue weighted by molar-refractivity contribution is 5.67. The fourth-order valence-electron chi connectivity index (χ4n) is 1.24. The molecule has 0 saturated carbocycles. The molecule has 1 rings (SSSR count). The Bertz CT molecular complexity index is 318. The number of aryl methyl sites for hydroxylation is 1. The largest absolute Gasteiger partial charge is 0.481 e. The minimum absolute atomic E-state index is 0.00111. The second-order valence-electron chi connectivity index (χ2n) is 3.52. The summed E-state index contributed by atoms with van der Waals surface area (Å²) < 4.78 is 1.52. The van der Waals surface area contributed by atoms with Crippen LogP contribution in [0.5, 0.6) is 0 Å². The van der Waals surface area contributed by atoms with Crippen molar-refractivity contribution in [3.05, 3.63) is 5.82 Å². The van der Waals surface area contributed by atoms with Crippen LogP contribution in [0.4, 0.5) is 0 Å². The summed E-state index contributed by atoms with van der Waals surface area (Å²) in [5.41, 5.74) is -0.584. The Morgan fingerprint density at radius 2 is 2.23 bits per heavy atom. The monoisotopic (exact) mass is 184 g/mol. The van der Waals surface area contributed by atoms with Crippen molar-refractivity contribution >= 4 is 5.97 Å². The summed E-state index contributed by atoms with van der Waals surface area (Å²) in [6.45, 7) is 5.30. The molecule has 72 valence electrons. The third-order valence-electron chi connectivity index (χ3n) is 1.78. The zero-order valence-corrected chi connectivity index (χ0v) is 7.85. The highest BCUT2D eigenvalue weighted by Gasteiger charge is 2.26. The lowest BCUT2D eigenvalue weighted by molar-refractivity contribution is -0.139. The van der Waals surface area contributed by atoms with Crippen molar-refractivity contribution in [2.75, 3.05) is 0 Å². The minimum Gasteiger partial charge on any atom is -0.481 e. The van der Waals surface area contributed by atoms with Crippen molar-refractivity contribution in [3.63, 3.8) is 0 Å². The van der Waals surface area contributed by atoms with Gasteiger partial charge in [-0.05, 0) is 31.2 Å². The molecule has 6 heteroatoms. The van der Waals surface area contributed by atoms with Crippen molar-refractivity contribution in [1.82, 2.24) is 20.2 Å². The molecule has 0 aliphatic rings. The molecule has 0 atom stereocenters. The molecule has 0 bridgehead atoms. The first-order valence-electron chi connectivity index (χ1n) is 3.91. The highest BCUT2D eigenvalue weighted by atomic mass is 16.4. The molecule has 0 aliphatic heterocycles. The van der Waals surface area contributed by atoms with Crippen LogP contribution >= 0.6 is 0 Å². The summed E-state index contributed by atoms with van der Waals surface area (Å²) in [5, 5.41) is 19.6. The van der Waals surface area contributed by atoms with Crippen molar-refractivity contribution in [3.8, 4) is 0 Å². The summed E-state index contributed by atoms with van der Waals surface area (Å²) in [4.78, 5) is 10.5. The molecule has 1 N–H and O–H groups in total. The molecule has 1 aromatic rings. The molecule has 13 heavy (non-hydrogen) atoms. The molecule has 0 saturated heterocycles. The number of aliphatic carboxylic acids is 1. The van der Waals surface area contributed by atoms with Crippen LogP contribution in [-0.4, -0.2) is 31.3 Å². The van der Waals surface area contributed by atoms with Crippen LogP contribution in [0, 0.1) is 6.92 Å². The average Bonchev–Trinajstić information content (AvgIpc) is 2.32. The molecule has 0 unspecified atom stereocenters. The van der Waals surface area contributed by atoms with Crippen LogP contribution in [0.15, 0.2) is 0 Å². The summed E-state index contributed by atoms with van der Waals surface area (Å²) >= 11 is 0. The Kier molecular flexibility index (Phi) is 2.31. The number of carbonyl (C=O) groups is 1. The Morgan fingerprint density at radius 3 is 2.62 bits per heavy atom. The zero-order chi connectivity index (χ0) is 10.1. The van der Waals surface area contributed by atoms with Gasteiger partial charge < -0.3 is 5.11 Å². The Hall–Kier alpha value is -1.46. The van der Waals surface area contributed by atoms with Gasteiger partial charge in [0, 0.05) is 0 Å². The first-order chi connectivity index (χ1) is 5.93. The van der Waals surface area contributed by atoms with E-state index in [1.807, 2.05) is 0 Å². The number of hydrogen-bond donors (Lipinski definition) is 1. The van der Waals surface area contributed by atoms with E-state index in [-0.39, 0.29) is 6.42 Å². The van der Waals surface area contributed by atoms with Gasteiger partial charge in [-0.3, -0.25) is 4.79 Å². The van der Waals surface area contributed by atoms with Crippen molar-refractivity contribution in [2.24, 2.45) is 0 Å². The number of tetrazole rings is 1. The normalized spacial score (nSPS) is 11.6. The number of aromatic nitrogens is 4. The third-order valence-corrected chi connectivity index (χ3v) is 1.78. The van der Waals surface area contributed by atoms with E-state index in [4.69, 9.17) is 5.11 Å². The fourth-order valence-corrected chi connectivity index (χ4v) is 1.24. The van der Waals surface area contributed by atoms with E-state index < -0.39 is 11.5 Å². The molecule has 6 nitrogen and oxygen atoms in total. The van der Waals surface area contributed by atoms with Gasteiger partial charge in [-0.25, -0.2) is 4.68 Å². The van der Waals surface area contributed by atoms with E-state index in [1.165, 1.54) is 4.68 Å². The predicted molar refractivity (Wildman–Crippen MR) is 44.1 cm³/mol. The quantitative estimate of drug-likeness (QED) is 0.725. The molecular formula is C7H12N4O2. The van der Waals surface area contributed by atoms with E-state index in [9.17, 15) is 4.79 Å². The summed E-state index contributed by atoms with van der Waals surface area (Å²) in [6.07, 6.45) is -0.00111. The van der Waals surface area contributed by atoms with E-state index in [0.29, 0.717) is 5.82 Å². The van der Waals surface area contributed by atoms with Gasteiger partial charge in [-0.15, -0.1) is 5.10 Å². The molecular weight excluding hydrogens is 172 g/mol. The lowest BCUT2D eigenvalue weighted by Gasteiger charge is -2.22. The maximum Gasteiger partial charge on any atom is 0.305 e. The number of hydrogen-bond acceptors (Lipinski definition) is 4. The molecule has 0 fully saturated rings. The van der Waals surface area contributed by atoms with Gasteiger partial charge in [0.05, 0.1) is 12.0 Å². The molecule has 0 radical (unpaired) electrons. The van der Waals surface area contributed by atoms with E-state index in [1.54, 1.807) is 20.8 Å². The van der Waals surface area contributed by atoms with E-state index in [2.05, 4.69) is 15.5 Å². The Labute approximate surface area is 75.6 Å². The Morgan fingerprint density at radius 1 is 1.62 bits per heavy atom. The number of rotatable bonds is 3. The number of carboxylic acid groups (broad SMARTS) is 1. The molecule has 0 amide bonds. The average molecular weight is 184 g/mol. The van der Waals surface area contributed by atoms with Gasteiger partial charge in [-0.2, -0.15) is 0 Å². The van der Waals surface area contributed by atoms with Crippen LogP contribution in [0.3, 0.4) is 0 Å². The van der Waals surface area contributed by atoms with Crippen molar-refractivity contribution in [2.45, 2.75) is 32.7 Å². The minimum atomic E-state index is -0.861. The third kappa shape index (κ3) is 2.01. The van der Waals surface area contributed by atoms with Gasteiger partial charge in [0.25, 0.3) is 0 Å². The number of nitrogens with zero attached hydrogens (tertiary/aromatic N) is 4. The van der Waals surface area contributed by atoms with Gasteiger partial charge in [0.1, 0.15) is 5.82 Å². The summed E-state index contributed by atoms with van der Waals surface area (Å²) in [7, 11) is 0. The molecule has 0 spiro atoms. The Balaban J connectivity index is 2.93. The van der Waals surface area contributed by atoms with Gasteiger partial charge >= 0.3 is 5.97 Å². The van der Waals surface area contributed by atoms with Crippen molar-refractivity contribution < 1.29 is 9.90 Å². The first-order valence-corrected chi connectivity index (χ1v) is 3.91. The highest BCUT2D eigenvalue weighted by Crippen LogP contribution is 2.18. The molecule has 1 heterocycles. The smallest absolute Gasteiger partial charge is 0.305 e. The van der Waals surface area contributed by atoms with E-state index in [0.717, 1.165) is 0 Å². The second kappa shape index (κ2) is 3.12. The van der Waals surface area contributed by atoms with Crippen LogP contribution in [0.1, 0.15) is 26.1 Å². The molecule has 0 aromatic carbocycles. The van der Waals surface area contributed by atoms with Crippen LogP contribution in [0.25, 0.3) is 0 Å². The fraction of sp³-hybridized carbons (Fsp3) is 0.714. The first kappa shape index (κ1) is 9.63. The zero-order valence-electron chi connectivity index (χ0n) is 7.85. The standard InChI is InChI=1S/C7H12N4O2/c1-5-8-9-10-11(5)7(2,3)4-6(12)13/h4H2,1-3H3,(H,12,13). The topological polar surface area (TPSA) is 80.9 Å². The lowest BCUT2D eigenvalue weighted by atomic mass is 10.0. The molecule has 0 aliphatic carbocycles. The van der Waals surface area contributed by atoms with Gasteiger partial charge in [0.2, 0.25) is 0 Å². The second-order valence-corrected chi connectivity index (χ2v) is 3.52. The maximum absolute atomic E-state index is 10.5. The van der Waals surface area contributed by atoms with Crippen LogP contribution in [0.2, 0.25) is 0 Å². The van der Waals surface area contributed by atoms with Crippen LogP contribution < -0.4 is 0 Å². The molecule has 1 aromatic heterocycles. The van der Waals surface area contributed by atoms with Crippen molar-refractivity contribution in [1.29, 1.82) is 0 Å². The predicted octanol–water partition coefficient (Wildman–Crippen LogP) is 0.191. The van der Waals surface area contributed by atoms with Gasteiger partial charge in [-0.1, -0.05) is 0 Å². The SMILES string of the molecule is Cc1nnnn1C(C)(C)CC(=O)O. The van der Waals surface area contributed by atoms with E-state index >= 15 is 0 Å². The van der Waals surface area contributed by atoms with Crippen LogP contribution in [-0.2, 0) is 10.3 Å². The summed E-state index contributed by atoms with van der Waals surface area (Å²) in [5.74, 6) is -0.244.